The first kappa shape index (κ1) is 11.9. The number of hydrogen-bond donors (Lipinski definition) is 0. The van der Waals surface area contributed by atoms with E-state index in [1.54, 1.807) is 0 Å². The van der Waals surface area contributed by atoms with Crippen LogP contribution in [0.3, 0.4) is 0 Å². The van der Waals surface area contributed by atoms with E-state index in [4.69, 9.17) is 11.6 Å². The highest BCUT2D eigenvalue weighted by molar-refractivity contribution is 9.10. The van der Waals surface area contributed by atoms with Crippen molar-refractivity contribution in [2.45, 2.75) is 25.1 Å². The fourth-order valence-corrected chi connectivity index (χ4v) is 4.02. The first-order valence-electron chi connectivity index (χ1n) is 6.37. The van der Waals surface area contributed by atoms with Crippen LogP contribution in [0.4, 0.5) is 5.69 Å². The Bertz CT molecular complexity index is 409. The summed E-state index contributed by atoms with van der Waals surface area (Å²) in [7, 11) is 0. The maximum absolute atomic E-state index is 6.06. The number of fused-ring (bicyclic) bond motifs is 1. The van der Waals surface area contributed by atoms with Gasteiger partial charge in [-0.05, 0) is 48.4 Å². The summed E-state index contributed by atoms with van der Waals surface area (Å²) in [6, 6.07) is 6.48. The van der Waals surface area contributed by atoms with Crippen LogP contribution >= 0.6 is 27.5 Å². The lowest BCUT2D eigenvalue weighted by atomic mass is 10.0. The SMILES string of the molecule is ClCc1cc(Br)ccc1N1CC2CCCC2C1. The Hall–Kier alpha value is -0.210. The summed E-state index contributed by atoms with van der Waals surface area (Å²) >= 11 is 9.57. The molecule has 0 bridgehead atoms. The van der Waals surface area contributed by atoms with Crippen LogP contribution in [-0.2, 0) is 5.88 Å². The van der Waals surface area contributed by atoms with E-state index < -0.39 is 0 Å². The van der Waals surface area contributed by atoms with Gasteiger partial charge < -0.3 is 4.90 Å². The van der Waals surface area contributed by atoms with Gasteiger partial charge in [-0.3, -0.25) is 0 Å². The highest BCUT2D eigenvalue weighted by atomic mass is 79.9. The topological polar surface area (TPSA) is 3.24 Å². The number of halogens is 2. The molecule has 0 aromatic heterocycles. The number of hydrogen-bond acceptors (Lipinski definition) is 1. The second-order valence-corrected chi connectivity index (χ2v) is 6.45. The van der Waals surface area contributed by atoms with Gasteiger partial charge in [0.25, 0.3) is 0 Å². The fourth-order valence-electron chi connectivity index (χ4n) is 3.40. The molecule has 1 heterocycles. The zero-order valence-corrected chi connectivity index (χ0v) is 12.2. The van der Waals surface area contributed by atoms with Gasteiger partial charge in [0.1, 0.15) is 0 Å². The third kappa shape index (κ3) is 2.22. The molecule has 2 fully saturated rings. The highest BCUT2D eigenvalue weighted by Gasteiger charge is 2.36. The first-order valence-corrected chi connectivity index (χ1v) is 7.70. The molecule has 1 aromatic rings. The molecular weight excluding hydrogens is 298 g/mol. The van der Waals surface area contributed by atoms with Gasteiger partial charge in [-0.15, -0.1) is 11.6 Å². The summed E-state index contributed by atoms with van der Waals surface area (Å²) in [6.45, 7) is 2.46. The van der Waals surface area contributed by atoms with Crippen LogP contribution < -0.4 is 4.90 Å². The second-order valence-electron chi connectivity index (χ2n) is 5.26. The van der Waals surface area contributed by atoms with E-state index in [1.165, 1.54) is 43.6 Å². The molecule has 17 heavy (non-hydrogen) atoms. The normalized spacial score (nSPS) is 27.5. The molecule has 2 aliphatic rings. The van der Waals surface area contributed by atoms with Crippen molar-refractivity contribution < 1.29 is 0 Å². The summed E-state index contributed by atoms with van der Waals surface area (Å²) in [5.74, 6) is 2.46. The van der Waals surface area contributed by atoms with Gasteiger partial charge in [0.15, 0.2) is 0 Å². The maximum atomic E-state index is 6.06. The number of rotatable bonds is 2. The molecule has 1 aromatic carbocycles. The van der Waals surface area contributed by atoms with Crippen molar-refractivity contribution in [2.75, 3.05) is 18.0 Å². The standard InChI is InChI=1S/C14H17BrClN/c15-13-4-5-14(12(6-13)7-16)17-8-10-2-1-3-11(10)9-17/h4-6,10-11H,1-3,7-9H2. The Morgan fingerprint density at radius 3 is 2.59 bits per heavy atom. The lowest BCUT2D eigenvalue weighted by Gasteiger charge is -2.22. The van der Waals surface area contributed by atoms with Crippen molar-refractivity contribution in [3.63, 3.8) is 0 Å². The molecule has 1 aliphatic carbocycles. The second kappa shape index (κ2) is 4.81. The Labute approximate surface area is 116 Å². The van der Waals surface area contributed by atoms with E-state index in [2.05, 4.69) is 39.0 Å². The summed E-state index contributed by atoms with van der Waals surface area (Å²) in [4.78, 5) is 2.54. The minimum Gasteiger partial charge on any atom is -0.371 e. The van der Waals surface area contributed by atoms with Crippen LogP contribution in [0, 0.1) is 11.8 Å². The van der Waals surface area contributed by atoms with Crippen molar-refractivity contribution in [2.24, 2.45) is 11.8 Å². The minimum atomic E-state index is 0.598. The molecule has 1 saturated carbocycles. The number of benzene rings is 1. The molecule has 0 N–H and O–H groups in total. The summed E-state index contributed by atoms with van der Waals surface area (Å²) < 4.78 is 1.12. The molecule has 1 aliphatic heterocycles. The monoisotopic (exact) mass is 313 g/mol. The Morgan fingerprint density at radius 1 is 1.24 bits per heavy atom. The molecule has 1 saturated heterocycles. The fraction of sp³-hybridized carbons (Fsp3) is 0.571. The van der Waals surface area contributed by atoms with Crippen molar-refractivity contribution >= 4 is 33.2 Å². The van der Waals surface area contributed by atoms with E-state index in [0.717, 1.165) is 16.3 Å². The van der Waals surface area contributed by atoms with E-state index in [9.17, 15) is 0 Å². The lowest BCUT2D eigenvalue weighted by Crippen LogP contribution is -2.21. The van der Waals surface area contributed by atoms with Gasteiger partial charge in [0.2, 0.25) is 0 Å². The predicted molar refractivity (Wildman–Crippen MR) is 76.7 cm³/mol. The van der Waals surface area contributed by atoms with Gasteiger partial charge in [0, 0.05) is 29.1 Å². The zero-order valence-electron chi connectivity index (χ0n) is 9.83. The van der Waals surface area contributed by atoms with E-state index in [0.29, 0.717) is 5.88 Å². The third-order valence-electron chi connectivity index (χ3n) is 4.25. The summed E-state index contributed by atoms with van der Waals surface area (Å²) in [6.07, 6.45) is 4.29. The molecule has 0 amide bonds. The quantitative estimate of drug-likeness (QED) is 0.730. The average Bonchev–Trinajstić information content (AvgIpc) is 2.89. The van der Waals surface area contributed by atoms with E-state index >= 15 is 0 Å². The molecule has 0 radical (unpaired) electrons. The Balaban J connectivity index is 1.85. The largest absolute Gasteiger partial charge is 0.371 e. The molecule has 3 rings (SSSR count). The molecule has 92 valence electrons. The number of nitrogens with zero attached hydrogens (tertiary/aromatic N) is 1. The van der Waals surface area contributed by atoms with Crippen LogP contribution in [0.5, 0.6) is 0 Å². The third-order valence-corrected chi connectivity index (χ3v) is 5.03. The van der Waals surface area contributed by atoms with E-state index in [1.807, 2.05) is 0 Å². The Morgan fingerprint density at radius 2 is 1.94 bits per heavy atom. The van der Waals surface area contributed by atoms with Gasteiger partial charge in [0.05, 0.1) is 0 Å². The zero-order chi connectivity index (χ0) is 11.8. The minimum absolute atomic E-state index is 0.598. The maximum Gasteiger partial charge on any atom is 0.0494 e. The van der Waals surface area contributed by atoms with Crippen LogP contribution in [-0.4, -0.2) is 13.1 Å². The van der Waals surface area contributed by atoms with Crippen molar-refractivity contribution in [1.82, 2.24) is 0 Å². The highest BCUT2D eigenvalue weighted by Crippen LogP contribution is 2.40. The molecule has 1 nitrogen and oxygen atoms in total. The average molecular weight is 315 g/mol. The van der Waals surface area contributed by atoms with Gasteiger partial charge in [-0.2, -0.15) is 0 Å². The summed E-state index contributed by atoms with van der Waals surface area (Å²) in [5.41, 5.74) is 2.60. The van der Waals surface area contributed by atoms with Gasteiger partial charge >= 0.3 is 0 Å². The summed E-state index contributed by atoms with van der Waals surface area (Å²) in [5, 5.41) is 0. The van der Waals surface area contributed by atoms with Crippen molar-refractivity contribution in [3.8, 4) is 0 Å². The molecule has 3 heteroatoms. The van der Waals surface area contributed by atoms with Crippen molar-refractivity contribution in [1.29, 1.82) is 0 Å². The van der Waals surface area contributed by atoms with Crippen LogP contribution in [0.2, 0.25) is 0 Å². The van der Waals surface area contributed by atoms with Gasteiger partial charge in [-0.25, -0.2) is 0 Å². The first-order chi connectivity index (χ1) is 8.28. The number of alkyl halides is 1. The lowest BCUT2D eigenvalue weighted by molar-refractivity contribution is 0.494. The van der Waals surface area contributed by atoms with Crippen LogP contribution in [0.25, 0.3) is 0 Å². The molecule has 2 atom stereocenters. The van der Waals surface area contributed by atoms with Crippen molar-refractivity contribution in [3.05, 3.63) is 28.2 Å². The predicted octanol–water partition coefficient (Wildman–Crippen LogP) is 4.42. The van der Waals surface area contributed by atoms with Crippen LogP contribution in [0.1, 0.15) is 24.8 Å². The smallest absolute Gasteiger partial charge is 0.0494 e. The Kier molecular flexibility index (Phi) is 3.36. The van der Waals surface area contributed by atoms with Crippen LogP contribution in [0.15, 0.2) is 22.7 Å². The molecular formula is C14H17BrClN. The molecule has 0 spiro atoms. The number of anilines is 1. The molecule has 2 unspecified atom stereocenters. The van der Waals surface area contributed by atoms with E-state index in [-0.39, 0.29) is 0 Å². The van der Waals surface area contributed by atoms with Gasteiger partial charge in [-0.1, -0.05) is 22.4 Å².